The molecule has 3 N–H and O–H groups in total. The summed E-state index contributed by atoms with van der Waals surface area (Å²) in [6.07, 6.45) is 4.03. The molecule has 1 aliphatic heterocycles. The average molecular weight is 279 g/mol. The third-order valence-electron chi connectivity index (χ3n) is 3.91. The van der Waals surface area contributed by atoms with Gasteiger partial charge in [-0.25, -0.2) is 4.68 Å². The van der Waals surface area contributed by atoms with Crippen LogP contribution in [-0.4, -0.2) is 35.3 Å². The molecular weight excluding hydrogens is 254 g/mol. The minimum atomic E-state index is -0.136. The number of aromatic nitrogens is 2. The number of nitrogens with zero attached hydrogens (tertiary/aromatic N) is 3. The third-order valence-corrected chi connectivity index (χ3v) is 3.91. The molecule has 2 heterocycles. The highest BCUT2D eigenvalue weighted by Gasteiger charge is 2.32. The first-order valence-electron chi connectivity index (χ1n) is 7.41. The van der Waals surface area contributed by atoms with E-state index >= 15 is 0 Å². The maximum Gasteiger partial charge on any atom is 0.242 e. The van der Waals surface area contributed by atoms with Crippen LogP contribution in [0.1, 0.15) is 38.3 Å². The predicted octanol–water partition coefficient (Wildman–Crippen LogP) is 1.29. The van der Waals surface area contributed by atoms with Gasteiger partial charge in [-0.2, -0.15) is 5.10 Å². The van der Waals surface area contributed by atoms with Gasteiger partial charge >= 0.3 is 0 Å². The van der Waals surface area contributed by atoms with E-state index in [-0.39, 0.29) is 11.9 Å². The molecule has 6 heteroatoms. The molecule has 0 aromatic carbocycles. The van der Waals surface area contributed by atoms with Gasteiger partial charge in [0, 0.05) is 20.1 Å². The van der Waals surface area contributed by atoms with Crippen LogP contribution in [0.15, 0.2) is 0 Å². The van der Waals surface area contributed by atoms with Crippen molar-refractivity contribution in [1.29, 1.82) is 0 Å². The molecule has 1 unspecified atom stereocenters. The Balaban J connectivity index is 2.38. The molecule has 1 aliphatic rings. The van der Waals surface area contributed by atoms with Crippen LogP contribution >= 0.6 is 0 Å². The molecule has 1 saturated heterocycles. The van der Waals surface area contributed by atoms with Crippen molar-refractivity contribution >= 4 is 17.4 Å². The quantitative estimate of drug-likeness (QED) is 0.870. The number of amides is 1. The Bertz CT molecular complexity index is 482. The maximum atomic E-state index is 12.1. The fraction of sp³-hybridized carbons (Fsp3) is 0.714. The highest BCUT2D eigenvalue weighted by Crippen LogP contribution is 2.32. The second kappa shape index (κ2) is 6.15. The summed E-state index contributed by atoms with van der Waals surface area (Å²) in [5.74, 6) is 0.976. The van der Waals surface area contributed by atoms with E-state index in [2.05, 4.69) is 22.2 Å². The zero-order chi connectivity index (χ0) is 14.7. The normalized spacial score (nSPS) is 19.1. The van der Waals surface area contributed by atoms with Gasteiger partial charge in [0.1, 0.15) is 6.04 Å². The fourth-order valence-corrected chi connectivity index (χ4v) is 2.88. The van der Waals surface area contributed by atoms with Crippen molar-refractivity contribution in [2.45, 2.75) is 52.1 Å². The summed E-state index contributed by atoms with van der Waals surface area (Å²) in [7, 11) is 1.69. The van der Waals surface area contributed by atoms with Crippen molar-refractivity contribution in [2.75, 3.05) is 24.2 Å². The minimum absolute atomic E-state index is 0.0611. The third kappa shape index (κ3) is 2.59. The van der Waals surface area contributed by atoms with E-state index in [9.17, 15) is 4.79 Å². The first-order valence-corrected chi connectivity index (χ1v) is 7.41. The number of carbonyl (C=O) groups excluding carboxylic acids is 1. The van der Waals surface area contributed by atoms with Gasteiger partial charge in [0.25, 0.3) is 0 Å². The van der Waals surface area contributed by atoms with E-state index in [1.54, 1.807) is 7.05 Å². The van der Waals surface area contributed by atoms with E-state index < -0.39 is 0 Å². The van der Waals surface area contributed by atoms with Crippen molar-refractivity contribution in [3.63, 3.8) is 0 Å². The average Bonchev–Trinajstić information content (AvgIpc) is 2.73. The summed E-state index contributed by atoms with van der Waals surface area (Å²) in [4.78, 5) is 14.2. The first-order chi connectivity index (χ1) is 9.60. The molecule has 6 nitrogen and oxygen atoms in total. The molecule has 1 atom stereocenters. The van der Waals surface area contributed by atoms with Gasteiger partial charge in [-0.15, -0.1) is 0 Å². The molecule has 112 valence electrons. The summed E-state index contributed by atoms with van der Waals surface area (Å²) in [5, 5.41) is 7.27. The Hall–Kier alpha value is -1.72. The van der Waals surface area contributed by atoms with Crippen molar-refractivity contribution in [2.24, 2.45) is 0 Å². The van der Waals surface area contributed by atoms with Gasteiger partial charge in [-0.1, -0.05) is 6.92 Å². The van der Waals surface area contributed by atoms with Gasteiger partial charge in [-0.05, 0) is 32.6 Å². The number of hydrogen-bond donors (Lipinski definition) is 2. The molecule has 1 aromatic rings. The Morgan fingerprint density at radius 2 is 2.25 bits per heavy atom. The number of anilines is 2. The maximum absolute atomic E-state index is 12.1. The van der Waals surface area contributed by atoms with Crippen molar-refractivity contribution in [3.05, 3.63) is 5.69 Å². The summed E-state index contributed by atoms with van der Waals surface area (Å²) < 4.78 is 1.95. The Morgan fingerprint density at radius 1 is 1.50 bits per heavy atom. The van der Waals surface area contributed by atoms with Gasteiger partial charge in [0.15, 0.2) is 5.82 Å². The SMILES string of the molecule is CCCn1nc(C)c(N)c1N1CCCCC1C(=O)NC. The van der Waals surface area contributed by atoms with Crippen molar-refractivity contribution in [3.8, 4) is 0 Å². The van der Waals surface area contributed by atoms with Crippen LogP contribution in [0.25, 0.3) is 0 Å². The molecule has 1 fully saturated rings. The van der Waals surface area contributed by atoms with E-state index in [4.69, 9.17) is 5.73 Å². The van der Waals surface area contributed by atoms with E-state index in [1.807, 2.05) is 11.6 Å². The fourth-order valence-electron chi connectivity index (χ4n) is 2.88. The molecule has 1 aromatic heterocycles. The zero-order valence-electron chi connectivity index (χ0n) is 12.6. The lowest BCUT2D eigenvalue weighted by Crippen LogP contribution is -2.49. The number of nitrogens with two attached hydrogens (primary N) is 1. The van der Waals surface area contributed by atoms with E-state index in [0.717, 1.165) is 50.3 Å². The summed E-state index contributed by atoms with van der Waals surface area (Å²) in [6.45, 7) is 5.72. The molecule has 2 rings (SSSR count). The number of piperidine rings is 1. The van der Waals surface area contributed by atoms with Crippen LogP contribution in [-0.2, 0) is 11.3 Å². The number of nitrogens with one attached hydrogen (secondary N) is 1. The van der Waals surface area contributed by atoms with Crippen LogP contribution in [0.4, 0.5) is 11.5 Å². The van der Waals surface area contributed by atoms with E-state index in [1.165, 1.54) is 0 Å². The molecule has 1 amide bonds. The van der Waals surface area contributed by atoms with Crippen LogP contribution in [0.3, 0.4) is 0 Å². The Morgan fingerprint density at radius 3 is 2.90 bits per heavy atom. The lowest BCUT2D eigenvalue weighted by atomic mass is 10.0. The van der Waals surface area contributed by atoms with Gasteiger partial charge in [0.05, 0.1) is 11.4 Å². The molecule has 0 bridgehead atoms. The lowest BCUT2D eigenvalue weighted by Gasteiger charge is -2.36. The number of nitrogen functional groups attached to an aromatic ring is 1. The second-order valence-corrected chi connectivity index (χ2v) is 5.37. The number of rotatable bonds is 4. The largest absolute Gasteiger partial charge is 0.394 e. The van der Waals surface area contributed by atoms with Crippen LogP contribution in [0, 0.1) is 6.92 Å². The predicted molar refractivity (Wildman–Crippen MR) is 80.7 cm³/mol. The second-order valence-electron chi connectivity index (χ2n) is 5.37. The molecule has 20 heavy (non-hydrogen) atoms. The Labute approximate surface area is 120 Å². The highest BCUT2D eigenvalue weighted by molar-refractivity contribution is 5.86. The molecular formula is C14H25N5O. The number of carbonyl (C=O) groups is 1. The topological polar surface area (TPSA) is 76.2 Å². The van der Waals surface area contributed by atoms with Crippen molar-refractivity contribution in [1.82, 2.24) is 15.1 Å². The molecule has 0 radical (unpaired) electrons. The molecule has 0 aliphatic carbocycles. The monoisotopic (exact) mass is 279 g/mol. The van der Waals surface area contributed by atoms with Gasteiger partial charge in [0.2, 0.25) is 5.91 Å². The lowest BCUT2D eigenvalue weighted by molar-refractivity contribution is -0.122. The summed E-state index contributed by atoms with van der Waals surface area (Å²) in [5.41, 5.74) is 7.76. The van der Waals surface area contributed by atoms with Gasteiger partial charge in [-0.3, -0.25) is 4.79 Å². The first kappa shape index (κ1) is 14.7. The summed E-state index contributed by atoms with van der Waals surface area (Å²) >= 11 is 0. The minimum Gasteiger partial charge on any atom is -0.394 e. The van der Waals surface area contributed by atoms with E-state index in [0.29, 0.717) is 5.69 Å². The van der Waals surface area contributed by atoms with Crippen LogP contribution in [0.2, 0.25) is 0 Å². The number of likely N-dealkylation sites (N-methyl/N-ethyl adjacent to an activating group) is 1. The number of aryl methyl sites for hydroxylation is 2. The van der Waals surface area contributed by atoms with Crippen LogP contribution in [0.5, 0.6) is 0 Å². The summed E-state index contributed by atoms with van der Waals surface area (Å²) in [6, 6.07) is -0.136. The smallest absolute Gasteiger partial charge is 0.242 e. The highest BCUT2D eigenvalue weighted by atomic mass is 16.2. The Kier molecular flexibility index (Phi) is 4.52. The van der Waals surface area contributed by atoms with Crippen molar-refractivity contribution < 1.29 is 4.79 Å². The van der Waals surface area contributed by atoms with Crippen LogP contribution < -0.4 is 16.0 Å². The number of hydrogen-bond acceptors (Lipinski definition) is 4. The molecule has 0 saturated carbocycles. The zero-order valence-corrected chi connectivity index (χ0v) is 12.6. The van der Waals surface area contributed by atoms with Gasteiger partial charge < -0.3 is 16.0 Å². The molecule has 0 spiro atoms. The standard InChI is InChI=1S/C14H25N5O/c1-4-8-19-14(12(15)10(2)17-19)18-9-6-5-7-11(18)13(20)16-3/h11H,4-9,15H2,1-3H3,(H,16,20).